The van der Waals surface area contributed by atoms with Crippen LogP contribution in [0.3, 0.4) is 0 Å². The smallest absolute Gasteiger partial charge is 0.305 e. The SMILES string of the molecule is CCOc1c(Cl)cc(C2C3=C(CC(C)(C)CC3=O)N(CCC(=O)O)C3=C2C(=O)CC(C)(C)C3)cc1OC. The van der Waals surface area contributed by atoms with E-state index in [2.05, 4.69) is 27.7 Å². The Hall–Kier alpha value is -2.80. The number of carboxylic acids is 1. The van der Waals surface area contributed by atoms with Crippen LogP contribution >= 0.6 is 11.6 Å². The molecule has 8 heteroatoms. The van der Waals surface area contributed by atoms with Crippen LogP contribution in [-0.4, -0.2) is 47.8 Å². The molecule has 200 valence electrons. The number of Topliss-reactive ketones (excluding diaryl/α,β-unsaturated/α-hetero) is 2. The molecule has 1 heterocycles. The van der Waals surface area contributed by atoms with E-state index in [0.717, 1.165) is 11.4 Å². The first-order chi connectivity index (χ1) is 17.3. The van der Waals surface area contributed by atoms with Gasteiger partial charge in [-0.05, 0) is 48.3 Å². The summed E-state index contributed by atoms with van der Waals surface area (Å²) in [6, 6.07) is 3.58. The molecular formula is C29H36ClNO6. The number of nitrogens with zero attached hydrogens (tertiary/aromatic N) is 1. The molecular weight excluding hydrogens is 494 g/mol. The summed E-state index contributed by atoms with van der Waals surface area (Å²) in [5.41, 5.74) is 2.90. The Bertz CT molecular complexity index is 1170. The molecule has 3 aliphatic rings. The molecule has 7 nitrogen and oxygen atoms in total. The summed E-state index contributed by atoms with van der Waals surface area (Å²) in [6.07, 6.45) is 1.82. The van der Waals surface area contributed by atoms with Crippen molar-refractivity contribution in [3.63, 3.8) is 0 Å². The number of benzene rings is 1. The Morgan fingerprint density at radius 2 is 1.57 bits per heavy atom. The summed E-state index contributed by atoms with van der Waals surface area (Å²) in [5, 5.41) is 9.85. The van der Waals surface area contributed by atoms with E-state index >= 15 is 0 Å². The third kappa shape index (κ3) is 5.15. The predicted octanol–water partition coefficient (Wildman–Crippen LogP) is 5.91. The maximum Gasteiger partial charge on any atom is 0.305 e. The van der Waals surface area contributed by atoms with Crippen LogP contribution in [0.5, 0.6) is 11.5 Å². The molecule has 1 aromatic rings. The van der Waals surface area contributed by atoms with E-state index in [9.17, 15) is 19.5 Å². The number of rotatable bonds is 7. The molecule has 0 amide bonds. The van der Waals surface area contributed by atoms with Crippen LogP contribution < -0.4 is 9.47 Å². The van der Waals surface area contributed by atoms with Gasteiger partial charge in [-0.25, -0.2) is 0 Å². The number of hydrogen-bond acceptors (Lipinski definition) is 6. The average molecular weight is 530 g/mol. The van der Waals surface area contributed by atoms with Gasteiger partial charge in [0.15, 0.2) is 23.1 Å². The lowest BCUT2D eigenvalue weighted by Crippen LogP contribution is -2.45. The van der Waals surface area contributed by atoms with Gasteiger partial charge in [0.2, 0.25) is 0 Å². The zero-order valence-electron chi connectivity index (χ0n) is 22.5. The Balaban J connectivity index is 2.00. The highest BCUT2D eigenvalue weighted by Crippen LogP contribution is 2.55. The lowest BCUT2D eigenvalue weighted by atomic mass is 9.63. The molecule has 0 unspecified atom stereocenters. The van der Waals surface area contributed by atoms with E-state index in [1.807, 2.05) is 17.9 Å². The van der Waals surface area contributed by atoms with Crippen LogP contribution in [0.25, 0.3) is 0 Å². The molecule has 0 fully saturated rings. The second kappa shape index (κ2) is 9.82. The molecule has 0 bridgehead atoms. The van der Waals surface area contributed by atoms with E-state index in [1.54, 1.807) is 6.07 Å². The lowest BCUT2D eigenvalue weighted by molar-refractivity contribution is -0.137. The molecule has 0 aromatic heterocycles. The highest BCUT2D eigenvalue weighted by Gasteiger charge is 2.49. The van der Waals surface area contributed by atoms with Gasteiger partial charge in [-0.15, -0.1) is 0 Å². The Morgan fingerprint density at radius 1 is 1.03 bits per heavy atom. The normalized spacial score (nSPS) is 21.1. The molecule has 2 aliphatic carbocycles. The molecule has 4 rings (SSSR count). The number of ketones is 2. The van der Waals surface area contributed by atoms with Crippen molar-refractivity contribution in [1.82, 2.24) is 4.90 Å². The largest absolute Gasteiger partial charge is 0.493 e. The summed E-state index contributed by atoms with van der Waals surface area (Å²) >= 11 is 6.66. The van der Waals surface area contributed by atoms with Crippen molar-refractivity contribution in [1.29, 1.82) is 0 Å². The van der Waals surface area contributed by atoms with E-state index < -0.39 is 11.9 Å². The first kappa shape index (κ1) is 27.2. The molecule has 0 atom stereocenters. The van der Waals surface area contributed by atoms with E-state index in [1.165, 1.54) is 7.11 Å². The summed E-state index contributed by atoms with van der Waals surface area (Å²) in [7, 11) is 1.53. The minimum absolute atomic E-state index is 0.0234. The third-order valence-corrected chi connectivity index (χ3v) is 7.73. The zero-order chi connectivity index (χ0) is 27.3. The fourth-order valence-electron chi connectivity index (χ4n) is 6.05. The quantitative estimate of drug-likeness (QED) is 0.469. The summed E-state index contributed by atoms with van der Waals surface area (Å²) in [6.45, 7) is 10.7. The molecule has 1 N–H and O–H groups in total. The number of ether oxygens (including phenoxy) is 2. The highest BCUT2D eigenvalue weighted by molar-refractivity contribution is 6.32. The number of carbonyl (C=O) groups is 3. The van der Waals surface area contributed by atoms with Crippen molar-refractivity contribution in [2.24, 2.45) is 10.8 Å². The van der Waals surface area contributed by atoms with Crippen LogP contribution in [0.2, 0.25) is 5.02 Å². The Morgan fingerprint density at radius 3 is 2.03 bits per heavy atom. The van der Waals surface area contributed by atoms with Gasteiger partial charge < -0.3 is 19.5 Å². The van der Waals surface area contributed by atoms with Gasteiger partial charge in [0.1, 0.15) is 0 Å². The molecule has 0 saturated carbocycles. The Kier molecular flexibility index (Phi) is 7.23. The average Bonchev–Trinajstić information content (AvgIpc) is 2.76. The van der Waals surface area contributed by atoms with Gasteiger partial charge >= 0.3 is 5.97 Å². The lowest BCUT2D eigenvalue weighted by Gasteiger charge is -2.49. The number of hydrogen-bond donors (Lipinski definition) is 1. The van der Waals surface area contributed by atoms with Gasteiger partial charge in [0.25, 0.3) is 0 Å². The third-order valence-electron chi connectivity index (χ3n) is 7.44. The Labute approximate surface area is 223 Å². The minimum atomic E-state index is -0.919. The summed E-state index contributed by atoms with van der Waals surface area (Å²) in [5.74, 6) is -0.703. The van der Waals surface area contributed by atoms with Crippen molar-refractivity contribution in [3.05, 3.63) is 45.3 Å². The number of carbonyl (C=O) groups excluding carboxylic acids is 2. The van der Waals surface area contributed by atoms with Gasteiger partial charge in [-0.3, -0.25) is 14.4 Å². The van der Waals surface area contributed by atoms with Crippen LogP contribution in [0.15, 0.2) is 34.7 Å². The first-order valence-corrected chi connectivity index (χ1v) is 13.2. The number of carboxylic acid groups (broad SMARTS) is 1. The van der Waals surface area contributed by atoms with Crippen LogP contribution in [-0.2, 0) is 14.4 Å². The van der Waals surface area contributed by atoms with Crippen LogP contribution in [0.4, 0.5) is 0 Å². The molecule has 0 radical (unpaired) electrons. The van der Waals surface area contributed by atoms with Gasteiger partial charge in [0.05, 0.1) is 25.2 Å². The van der Waals surface area contributed by atoms with Crippen molar-refractivity contribution >= 4 is 29.1 Å². The van der Waals surface area contributed by atoms with Crippen LogP contribution in [0, 0.1) is 10.8 Å². The van der Waals surface area contributed by atoms with E-state index in [0.29, 0.717) is 65.5 Å². The van der Waals surface area contributed by atoms with Crippen molar-refractivity contribution in [2.45, 2.75) is 72.6 Å². The van der Waals surface area contributed by atoms with Gasteiger partial charge in [-0.1, -0.05) is 39.3 Å². The molecule has 1 aliphatic heterocycles. The van der Waals surface area contributed by atoms with E-state index in [4.69, 9.17) is 21.1 Å². The highest BCUT2D eigenvalue weighted by atomic mass is 35.5. The first-order valence-electron chi connectivity index (χ1n) is 12.8. The summed E-state index contributed by atoms with van der Waals surface area (Å²) < 4.78 is 11.3. The second-order valence-electron chi connectivity index (χ2n) is 11.8. The molecule has 1 aromatic carbocycles. The maximum atomic E-state index is 13.8. The second-order valence-corrected chi connectivity index (χ2v) is 12.2. The molecule has 0 saturated heterocycles. The maximum absolute atomic E-state index is 13.8. The minimum Gasteiger partial charge on any atom is -0.493 e. The standard InChI is InChI=1S/C29H36ClNO6/c1-7-37-27-17(30)10-16(11-22(27)36-6)24-25-18(12-28(2,3)14-20(25)32)31(9-8-23(34)35)19-13-29(4,5)15-21(33)26(19)24/h10-11,24H,7-9,12-15H2,1-6H3,(H,34,35). The van der Waals surface area contributed by atoms with Crippen LogP contribution in [0.1, 0.15) is 78.2 Å². The fraction of sp³-hybridized carbons (Fsp3) is 0.552. The number of aliphatic carboxylic acids is 1. The predicted molar refractivity (Wildman–Crippen MR) is 141 cm³/mol. The van der Waals surface area contributed by atoms with Gasteiger partial charge in [0, 0.05) is 47.8 Å². The summed E-state index contributed by atoms with van der Waals surface area (Å²) in [4.78, 5) is 41.2. The van der Waals surface area contributed by atoms with E-state index in [-0.39, 0.29) is 35.4 Å². The topological polar surface area (TPSA) is 93.1 Å². The van der Waals surface area contributed by atoms with Crippen molar-refractivity contribution < 1.29 is 29.0 Å². The van der Waals surface area contributed by atoms with Crippen molar-refractivity contribution in [2.75, 3.05) is 20.3 Å². The number of methoxy groups -OCH3 is 1. The number of allylic oxidation sites excluding steroid dienone is 4. The van der Waals surface area contributed by atoms with Crippen molar-refractivity contribution in [3.8, 4) is 11.5 Å². The monoisotopic (exact) mass is 529 g/mol. The fourth-order valence-corrected chi connectivity index (χ4v) is 6.32. The molecule has 0 spiro atoms. The molecule has 37 heavy (non-hydrogen) atoms. The van der Waals surface area contributed by atoms with Gasteiger partial charge in [-0.2, -0.15) is 0 Å². The number of halogens is 1. The zero-order valence-corrected chi connectivity index (χ0v) is 23.3.